The summed E-state index contributed by atoms with van der Waals surface area (Å²) in [4.78, 5) is 31.5. The van der Waals surface area contributed by atoms with Crippen molar-refractivity contribution in [2.45, 2.75) is 31.7 Å². The van der Waals surface area contributed by atoms with Crippen molar-refractivity contribution >= 4 is 46.6 Å². The number of nitrogens with one attached hydrogen (secondary N) is 3. The Balaban J connectivity index is 1.76. The van der Waals surface area contributed by atoms with E-state index in [-0.39, 0.29) is 17.9 Å². The summed E-state index contributed by atoms with van der Waals surface area (Å²) in [5, 5.41) is 18.6. The molecule has 1 aliphatic rings. The lowest BCUT2D eigenvalue weighted by atomic mass is 9.86. The Labute approximate surface area is 173 Å². The number of halogens is 1. The highest BCUT2D eigenvalue weighted by atomic mass is 35.5. The molecule has 1 aromatic carbocycles. The molecular formula is C20H22ClN5O3. The van der Waals surface area contributed by atoms with E-state index in [1.807, 2.05) is 6.07 Å². The van der Waals surface area contributed by atoms with E-state index in [1.165, 1.54) is 12.3 Å². The Morgan fingerprint density at radius 2 is 2.00 bits per heavy atom. The quantitative estimate of drug-likeness (QED) is 0.504. The second-order valence-corrected chi connectivity index (χ2v) is 7.20. The summed E-state index contributed by atoms with van der Waals surface area (Å²) < 4.78 is 0. The SMILES string of the molecule is C=CC(=O)Nc1ccccc1Nc1nc(N[C@H]2CCC[C@@H](C(=O)O)C2)ncc1Cl. The predicted molar refractivity (Wildman–Crippen MR) is 113 cm³/mol. The van der Waals surface area contributed by atoms with E-state index in [0.29, 0.717) is 41.0 Å². The number of aromatic nitrogens is 2. The van der Waals surface area contributed by atoms with Gasteiger partial charge in [-0.1, -0.05) is 36.7 Å². The van der Waals surface area contributed by atoms with E-state index in [0.717, 1.165) is 12.8 Å². The fraction of sp³-hybridized carbons (Fsp3) is 0.300. The molecule has 1 fully saturated rings. The Hall–Kier alpha value is -3.13. The second-order valence-electron chi connectivity index (χ2n) is 6.80. The van der Waals surface area contributed by atoms with Gasteiger partial charge in [0.05, 0.1) is 23.5 Å². The van der Waals surface area contributed by atoms with Crippen molar-refractivity contribution < 1.29 is 14.7 Å². The summed E-state index contributed by atoms with van der Waals surface area (Å²) in [5.41, 5.74) is 1.16. The first-order chi connectivity index (χ1) is 14.0. The van der Waals surface area contributed by atoms with Gasteiger partial charge < -0.3 is 21.1 Å². The molecule has 9 heteroatoms. The number of amides is 1. The van der Waals surface area contributed by atoms with Gasteiger partial charge in [0.1, 0.15) is 5.02 Å². The minimum atomic E-state index is -0.769. The van der Waals surface area contributed by atoms with Crippen molar-refractivity contribution in [3.8, 4) is 0 Å². The number of carbonyl (C=O) groups is 2. The van der Waals surface area contributed by atoms with Crippen LogP contribution in [0.2, 0.25) is 5.02 Å². The van der Waals surface area contributed by atoms with Crippen LogP contribution in [0, 0.1) is 5.92 Å². The Kier molecular flexibility index (Phi) is 6.66. The average Bonchev–Trinajstić information content (AvgIpc) is 2.72. The van der Waals surface area contributed by atoms with Gasteiger partial charge in [-0.25, -0.2) is 4.98 Å². The molecule has 0 unspecified atom stereocenters. The number of carboxylic acids is 1. The lowest BCUT2D eigenvalue weighted by molar-refractivity contribution is -0.142. The molecule has 0 spiro atoms. The summed E-state index contributed by atoms with van der Waals surface area (Å²) in [6.45, 7) is 3.45. The molecule has 8 nitrogen and oxygen atoms in total. The van der Waals surface area contributed by atoms with Crippen LogP contribution < -0.4 is 16.0 Å². The fourth-order valence-electron chi connectivity index (χ4n) is 3.26. The van der Waals surface area contributed by atoms with Crippen molar-refractivity contribution in [3.05, 3.63) is 48.1 Å². The van der Waals surface area contributed by atoms with Crippen LogP contribution in [0.25, 0.3) is 0 Å². The number of anilines is 4. The lowest BCUT2D eigenvalue weighted by Crippen LogP contribution is -2.31. The number of nitrogens with zero attached hydrogens (tertiary/aromatic N) is 2. The maximum atomic E-state index is 11.6. The van der Waals surface area contributed by atoms with Crippen LogP contribution in [0.3, 0.4) is 0 Å². The van der Waals surface area contributed by atoms with Gasteiger partial charge in [-0.05, 0) is 37.5 Å². The van der Waals surface area contributed by atoms with Crippen LogP contribution in [-0.4, -0.2) is 33.0 Å². The molecule has 4 N–H and O–H groups in total. The summed E-state index contributed by atoms with van der Waals surface area (Å²) in [6, 6.07) is 7.11. The van der Waals surface area contributed by atoms with E-state index < -0.39 is 5.97 Å². The second kappa shape index (κ2) is 9.38. The fourth-order valence-corrected chi connectivity index (χ4v) is 3.40. The largest absolute Gasteiger partial charge is 0.481 e. The summed E-state index contributed by atoms with van der Waals surface area (Å²) >= 11 is 6.24. The van der Waals surface area contributed by atoms with Crippen molar-refractivity contribution in [3.63, 3.8) is 0 Å². The summed E-state index contributed by atoms with van der Waals surface area (Å²) in [5.74, 6) is -0.725. The summed E-state index contributed by atoms with van der Waals surface area (Å²) in [6.07, 6.45) is 5.57. The van der Waals surface area contributed by atoms with Gasteiger partial charge in [0, 0.05) is 6.04 Å². The minimum Gasteiger partial charge on any atom is -0.481 e. The van der Waals surface area contributed by atoms with Gasteiger partial charge >= 0.3 is 5.97 Å². The number of para-hydroxylation sites is 2. The topological polar surface area (TPSA) is 116 Å². The monoisotopic (exact) mass is 415 g/mol. The Bertz CT molecular complexity index is 921. The van der Waals surface area contributed by atoms with Crippen LogP contribution in [0.5, 0.6) is 0 Å². The molecule has 152 valence electrons. The number of benzene rings is 1. The normalized spacial score (nSPS) is 18.5. The van der Waals surface area contributed by atoms with Crippen LogP contribution >= 0.6 is 11.6 Å². The van der Waals surface area contributed by atoms with Gasteiger partial charge in [-0.3, -0.25) is 9.59 Å². The maximum absolute atomic E-state index is 11.6. The number of aliphatic carboxylic acids is 1. The predicted octanol–water partition coefficient (Wildman–Crippen LogP) is 4.05. The number of hydrogen-bond donors (Lipinski definition) is 4. The van der Waals surface area contributed by atoms with E-state index >= 15 is 0 Å². The molecule has 0 saturated heterocycles. The molecule has 0 bridgehead atoms. The van der Waals surface area contributed by atoms with Crippen LogP contribution in [-0.2, 0) is 9.59 Å². The molecule has 1 saturated carbocycles. The number of carboxylic acid groups (broad SMARTS) is 1. The minimum absolute atomic E-state index is 0.0157. The van der Waals surface area contributed by atoms with Gasteiger partial charge in [0.25, 0.3) is 0 Å². The molecule has 0 radical (unpaired) electrons. The molecular weight excluding hydrogens is 394 g/mol. The van der Waals surface area contributed by atoms with Gasteiger partial charge in [-0.15, -0.1) is 0 Å². The highest BCUT2D eigenvalue weighted by molar-refractivity contribution is 6.33. The molecule has 2 atom stereocenters. The molecule has 3 rings (SSSR count). The van der Waals surface area contributed by atoms with Crippen molar-refractivity contribution in [1.29, 1.82) is 0 Å². The zero-order chi connectivity index (χ0) is 20.8. The first-order valence-electron chi connectivity index (χ1n) is 9.27. The zero-order valence-electron chi connectivity index (χ0n) is 15.7. The average molecular weight is 416 g/mol. The molecule has 0 aliphatic heterocycles. The van der Waals surface area contributed by atoms with Gasteiger partial charge in [-0.2, -0.15) is 4.98 Å². The molecule has 2 aromatic rings. The third-order valence-electron chi connectivity index (χ3n) is 4.72. The summed E-state index contributed by atoms with van der Waals surface area (Å²) in [7, 11) is 0. The molecule has 1 heterocycles. The molecule has 29 heavy (non-hydrogen) atoms. The molecule has 1 aliphatic carbocycles. The standard InChI is InChI=1S/C20H22ClN5O3/c1-2-17(27)24-15-8-3-4-9-16(15)25-18-14(21)11-22-20(26-18)23-13-7-5-6-12(10-13)19(28)29/h2-4,8-9,11-13H,1,5-7,10H2,(H,24,27)(H,28,29)(H2,22,23,25,26)/t12-,13+/m1/s1. The van der Waals surface area contributed by atoms with E-state index in [2.05, 4.69) is 32.5 Å². The number of hydrogen-bond acceptors (Lipinski definition) is 6. The van der Waals surface area contributed by atoms with Crippen molar-refractivity contribution in [2.24, 2.45) is 5.92 Å². The van der Waals surface area contributed by atoms with Crippen LogP contribution in [0.1, 0.15) is 25.7 Å². The first-order valence-corrected chi connectivity index (χ1v) is 9.65. The highest BCUT2D eigenvalue weighted by Gasteiger charge is 2.27. The van der Waals surface area contributed by atoms with Gasteiger partial charge in [0.2, 0.25) is 11.9 Å². The van der Waals surface area contributed by atoms with Gasteiger partial charge in [0.15, 0.2) is 5.82 Å². The molecule has 1 aromatic heterocycles. The van der Waals surface area contributed by atoms with Crippen LogP contribution in [0.4, 0.5) is 23.1 Å². The smallest absolute Gasteiger partial charge is 0.306 e. The lowest BCUT2D eigenvalue weighted by Gasteiger charge is -2.27. The number of rotatable bonds is 7. The van der Waals surface area contributed by atoms with Crippen LogP contribution in [0.15, 0.2) is 43.1 Å². The Morgan fingerprint density at radius 3 is 2.72 bits per heavy atom. The first kappa shape index (κ1) is 20.6. The van der Waals surface area contributed by atoms with E-state index in [9.17, 15) is 14.7 Å². The zero-order valence-corrected chi connectivity index (χ0v) is 16.4. The Morgan fingerprint density at radius 1 is 1.24 bits per heavy atom. The number of carbonyl (C=O) groups excluding carboxylic acids is 1. The van der Waals surface area contributed by atoms with E-state index in [1.54, 1.807) is 18.2 Å². The third-order valence-corrected chi connectivity index (χ3v) is 5.00. The van der Waals surface area contributed by atoms with Crippen molar-refractivity contribution in [1.82, 2.24) is 9.97 Å². The van der Waals surface area contributed by atoms with Crippen molar-refractivity contribution in [2.75, 3.05) is 16.0 Å². The highest BCUT2D eigenvalue weighted by Crippen LogP contribution is 2.30. The molecule has 1 amide bonds. The third kappa shape index (κ3) is 5.45. The maximum Gasteiger partial charge on any atom is 0.306 e. The van der Waals surface area contributed by atoms with E-state index in [4.69, 9.17) is 11.6 Å².